The summed E-state index contributed by atoms with van der Waals surface area (Å²) in [6.07, 6.45) is 1.17. The second kappa shape index (κ2) is 6.07. The van der Waals surface area contributed by atoms with Gasteiger partial charge in [0, 0.05) is 29.8 Å². The van der Waals surface area contributed by atoms with Gasteiger partial charge in [-0.15, -0.1) is 0 Å². The number of aliphatic carboxylic acids is 1. The van der Waals surface area contributed by atoms with E-state index in [2.05, 4.69) is 10.2 Å². The van der Waals surface area contributed by atoms with Gasteiger partial charge in [0.15, 0.2) is 0 Å². The lowest BCUT2D eigenvalue weighted by Gasteiger charge is -2.25. The number of rotatable bonds is 3. The maximum absolute atomic E-state index is 10.8. The highest BCUT2D eigenvalue weighted by atomic mass is 35.5. The molecule has 0 bridgehead atoms. The zero-order chi connectivity index (χ0) is 13.0. The van der Waals surface area contributed by atoms with Crippen LogP contribution < -0.4 is 10.2 Å². The highest BCUT2D eigenvalue weighted by molar-refractivity contribution is 6.30. The van der Waals surface area contributed by atoms with E-state index in [1.54, 1.807) is 0 Å². The molecule has 0 amide bonds. The third-order valence-electron chi connectivity index (χ3n) is 3.09. The van der Waals surface area contributed by atoms with Crippen LogP contribution in [0.25, 0.3) is 0 Å². The largest absolute Gasteiger partial charge is 0.481 e. The molecule has 1 saturated heterocycles. The molecule has 0 spiro atoms. The Morgan fingerprint density at radius 3 is 2.83 bits per heavy atom. The first kappa shape index (κ1) is 13.2. The van der Waals surface area contributed by atoms with Crippen LogP contribution in [0.5, 0.6) is 0 Å². The molecule has 0 radical (unpaired) electrons. The Morgan fingerprint density at radius 2 is 2.17 bits per heavy atom. The van der Waals surface area contributed by atoms with Gasteiger partial charge in [0.05, 0.1) is 6.42 Å². The number of carboxylic acid groups (broad SMARTS) is 1. The molecule has 2 N–H and O–H groups in total. The minimum absolute atomic E-state index is 0.000628. The molecule has 0 saturated carbocycles. The molecule has 2 rings (SSSR count). The molecule has 1 aliphatic rings. The van der Waals surface area contributed by atoms with Crippen LogP contribution in [-0.4, -0.2) is 36.8 Å². The number of halogens is 1. The van der Waals surface area contributed by atoms with Crippen LogP contribution in [0.3, 0.4) is 0 Å². The lowest BCUT2D eigenvalue weighted by Crippen LogP contribution is -2.39. The van der Waals surface area contributed by atoms with E-state index in [9.17, 15) is 4.79 Å². The first-order valence-corrected chi connectivity index (χ1v) is 6.48. The maximum Gasteiger partial charge on any atom is 0.304 e. The first-order chi connectivity index (χ1) is 8.65. The van der Waals surface area contributed by atoms with Gasteiger partial charge in [-0.2, -0.15) is 0 Å². The van der Waals surface area contributed by atoms with E-state index >= 15 is 0 Å². The standard InChI is InChI=1S/C13H17ClN2O2/c14-10-2-4-12(5-3-10)16-7-1-6-15-11(9-16)8-13(17)18/h2-5,11,15H,1,6-9H2,(H,17,18). The van der Waals surface area contributed by atoms with E-state index in [0.29, 0.717) is 11.6 Å². The Balaban J connectivity index is 2.06. The number of nitrogens with one attached hydrogen (secondary N) is 1. The summed E-state index contributed by atoms with van der Waals surface area (Å²) in [5.41, 5.74) is 1.10. The minimum atomic E-state index is -0.759. The number of nitrogens with zero attached hydrogens (tertiary/aromatic N) is 1. The van der Waals surface area contributed by atoms with Crippen LogP contribution in [0.1, 0.15) is 12.8 Å². The van der Waals surface area contributed by atoms with Gasteiger partial charge in [0.25, 0.3) is 0 Å². The van der Waals surface area contributed by atoms with Crippen LogP contribution in [0.15, 0.2) is 24.3 Å². The van der Waals surface area contributed by atoms with Gasteiger partial charge in [-0.25, -0.2) is 0 Å². The number of carbonyl (C=O) groups is 1. The van der Waals surface area contributed by atoms with Crippen LogP contribution >= 0.6 is 11.6 Å². The Hall–Kier alpha value is -1.26. The summed E-state index contributed by atoms with van der Waals surface area (Å²) in [4.78, 5) is 13.0. The van der Waals surface area contributed by atoms with Crippen molar-refractivity contribution in [2.75, 3.05) is 24.5 Å². The van der Waals surface area contributed by atoms with E-state index in [1.807, 2.05) is 24.3 Å². The summed E-state index contributed by atoms with van der Waals surface area (Å²) in [6, 6.07) is 7.68. The molecule has 0 aromatic heterocycles. The summed E-state index contributed by atoms with van der Waals surface area (Å²) in [6.45, 7) is 2.51. The smallest absolute Gasteiger partial charge is 0.304 e. The molecule has 18 heavy (non-hydrogen) atoms. The average molecular weight is 269 g/mol. The van der Waals surface area contributed by atoms with Crippen LogP contribution in [0.2, 0.25) is 5.02 Å². The Morgan fingerprint density at radius 1 is 1.44 bits per heavy atom. The maximum atomic E-state index is 10.8. The summed E-state index contributed by atoms with van der Waals surface area (Å²) >= 11 is 5.87. The normalized spacial score (nSPS) is 20.5. The second-order valence-electron chi connectivity index (χ2n) is 4.52. The number of hydrogen-bond acceptors (Lipinski definition) is 3. The third-order valence-corrected chi connectivity index (χ3v) is 3.34. The zero-order valence-corrected chi connectivity index (χ0v) is 10.9. The van der Waals surface area contributed by atoms with Gasteiger partial charge in [-0.05, 0) is 37.2 Å². The summed E-state index contributed by atoms with van der Waals surface area (Å²) in [5.74, 6) is -0.759. The fourth-order valence-electron chi connectivity index (χ4n) is 2.23. The highest BCUT2D eigenvalue weighted by Gasteiger charge is 2.20. The van der Waals surface area contributed by atoms with Crippen molar-refractivity contribution >= 4 is 23.3 Å². The predicted octanol–water partition coefficient (Wildman–Crippen LogP) is 1.98. The van der Waals surface area contributed by atoms with Gasteiger partial charge in [0.1, 0.15) is 0 Å². The Labute approximate surface area is 112 Å². The van der Waals surface area contributed by atoms with Gasteiger partial charge in [-0.3, -0.25) is 4.79 Å². The third kappa shape index (κ3) is 3.62. The van der Waals surface area contributed by atoms with Crippen molar-refractivity contribution in [1.82, 2.24) is 5.32 Å². The molecule has 4 nitrogen and oxygen atoms in total. The lowest BCUT2D eigenvalue weighted by molar-refractivity contribution is -0.137. The van der Waals surface area contributed by atoms with E-state index < -0.39 is 5.97 Å². The fraction of sp³-hybridized carbons (Fsp3) is 0.462. The average Bonchev–Trinajstić information content (AvgIpc) is 2.55. The molecule has 1 atom stereocenters. The highest BCUT2D eigenvalue weighted by Crippen LogP contribution is 2.19. The number of carboxylic acids is 1. The molecule has 1 aromatic rings. The molecule has 1 unspecified atom stereocenters. The Bertz CT molecular complexity index is 408. The summed E-state index contributed by atoms with van der Waals surface area (Å²) < 4.78 is 0. The second-order valence-corrected chi connectivity index (χ2v) is 4.96. The molecule has 1 heterocycles. The molecule has 98 valence electrons. The lowest BCUT2D eigenvalue weighted by atomic mass is 10.2. The number of hydrogen-bond donors (Lipinski definition) is 2. The van der Waals surface area contributed by atoms with Crippen LogP contribution in [-0.2, 0) is 4.79 Å². The van der Waals surface area contributed by atoms with E-state index in [0.717, 1.165) is 25.2 Å². The summed E-state index contributed by atoms with van der Waals surface area (Å²) in [7, 11) is 0. The zero-order valence-electron chi connectivity index (χ0n) is 10.1. The molecular formula is C13H17ClN2O2. The molecule has 1 fully saturated rings. The molecular weight excluding hydrogens is 252 g/mol. The van der Waals surface area contributed by atoms with Crippen molar-refractivity contribution in [1.29, 1.82) is 0 Å². The van der Waals surface area contributed by atoms with Gasteiger partial charge in [0.2, 0.25) is 0 Å². The molecule has 1 aromatic carbocycles. The van der Waals surface area contributed by atoms with Gasteiger partial charge < -0.3 is 15.3 Å². The monoisotopic (exact) mass is 268 g/mol. The van der Waals surface area contributed by atoms with E-state index in [4.69, 9.17) is 16.7 Å². The topological polar surface area (TPSA) is 52.6 Å². The summed E-state index contributed by atoms with van der Waals surface area (Å²) in [5, 5.41) is 12.9. The Kier molecular flexibility index (Phi) is 4.44. The number of anilines is 1. The van der Waals surface area contributed by atoms with Crippen molar-refractivity contribution in [3.05, 3.63) is 29.3 Å². The van der Waals surface area contributed by atoms with Crippen molar-refractivity contribution in [2.45, 2.75) is 18.9 Å². The van der Waals surface area contributed by atoms with E-state index in [1.165, 1.54) is 0 Å². The van der Waals surface area contributed by atoms with Crippen molar-refractivity contribution in [2.24, 2.45) is 0 Å². The SMILES string of the molecule is O=C(O)CC1CN(c2ccc(Cl)cc2)CCCN1. The first-order valence-electron chi connectivity index (χ1n) is 6.11. The van der Waals surface area contributed by atoms with Crippen molar-refractivity contribution in [3.8, 4) is 0 Å². The fourth-order valence-corrected chi connectivity index (χ4v) is 2.36. The minimum Gasteiger partial charge on any atom is -0.481 e. The number of benzene rings is 1. The van der Waals surface area contributed by atoms with Gasteiger partial charge >= 0.3 is 5.97 Å². The molecule has 5 heteroatoms. The predicted molar refractivity (Wildman–Crippen MR) is 72.3 cm³/mol. The van der Waals surface area contributed by atoms with Crippen molar-refractivity contribution < 1.29 is 9.90 Å². The van der Waals surface area contributed by atoms with Crippen molar-refractivity contribution in [3.63, 3.8) is 0 Å². The molecule has 0 aliphatic carbocycles. The van der Waals surface area contributed by atoms with E-state index in [-0.39, 0.29) is 12.5 Å². The quantitative estimate of drug-likeness (QED) is 0.880. The molecule has 1 aliphatic heterocycles. The van der Waals surface area contributed by atoms with Crippen LogP contribution in [0, 0.1) is 0 Å². The van der Waals surface area contributed by atoms with Gasteiger partial charge in [-0.1, -0.05) is 11.6 Å². The van der Waals surface area contributed by atoms with Crippen LogP contribution in [0.4, 0.5) is 5.69 Å².